The van der Waals surface area contributed by atoms with Crippen molar-refractivity contribution < 1.29 is 14.7 Å². The van der Waals surface area contributed by atoms with Gasteiger partial charge in [0.2, 0.25) is 5.91 Å². The van der Waals surface area contributed by atoms with Gasteiger partial charge in [0.05, 0.1) is 5.75 Å². The largest absolute Gasteiger partial charge is 0.480 e. The summed E-state index contributed by atoms with van der Waals surface area (Å²) in [4.78, 5) is 23.0. The van der Waals surface area contributed by atoms with Gasteiger partial charge in [-0.1, -0.05) is 25.6 Å². The summed E-state index contributed by atoms with van der Waals surface area (Å²) in [6.45, 7) is 3.85. The summed E-state index contributed by atoms with van der Waals surface area (Å²) in [6, 6.07) is -0.377. The Morgan fingerprint density at radius 2 is 2.24 bits per heavy atom. The first-order chi connectivity index (χ1) is 9.97. The van der Waals surface area contributed by atoms with E-state index in [1.165, 1.54) is 11.8 Å². The molecule has 1 aliphatic rings. The van der Waals surface area contributed by atoms with Gasteiger partial charge in [-0.05, 0) is 25.2 Å². The van der Waals surface area contributed by atoms with E-state index in [0.717, 1.165) is 12.8 Å². The van der Waals surface area contributed by atoms with Crippen LogP contribution in [0.25, 0.3) is 0 Å². The molecule has 116 valence electrons. The smallest absolute Gasteiger partial charge is 0.326 e. The summed E-state index contributed by atoms with van der Waals surface area (Å²) in [5.74, 6) is -0.938. The molecule has 0 unspecified atom stereocenters. The second-order valence-corrected chi connectivity index (χ2v) is 6.57. The van der Waals surface area contributed by atoms with Gasteiger partial charge in [-0.2, -0.15) is 0 Å². The molecule has 0 radical (unpaired) electrons. The summed E-state index contributed by atoms with van der Waals surface area (Å²) in [6.07, 6.45) is 4.33. The van der Waals surface area contributed by atoms with E-state index >= 15 is 0 Å². The Hall–Kier alpha value is -1.57. The maximum Gasteiger partial charge on any atom is 0.326 e. The Morgan fingerprint density at radius 1 is 1.52 bits per heavy atom. The van der Waals surface area contributed by atoms with Crippen LogP contribution in [-0.4, -0.2) is 43.5 Å². The zero-order valence-corrected chi connectivity index (χ0v) is 13.0. The second-order valence-electron chi connectivity index (χ2n) is 5.63. The third-order valence-electron chi connectivity index (χ3n) is 3.15. The van der Waals surface area contributed by atoms with Gasteiger partial charge >= 0.3 is 5.97 Å². The molecule has 1 aromatic heterocycles. The maximum atomic E-state index is 11.9. The molecule has 1 amide bonds. The first-order valence-corrected chi connectivity index (χ1v) is 8.00. The minimum absolute atomic E-state index is 0.146. The van der Waals surface area contributed by atoms with E-state index in [4.69, 9.17) is 5.11 Å². The van der Waals surface area contributed by atoms with Crippen LogP contribution in [0.3, 0.4) is 0 Å². The van der Waals surface area contributed by atoms with Gasteiger partial charge in [0, 0.05) is 6.04 Å². The van der Waals surface area contributed by atoms with E-state index in [0.29, 0.717) is 17.6 Å². The van der Waals surface area contributed by atoms with Gasteiger partial charge in [-0.3, -0.25) is 4.79 Å². The van der Waals surface area contributed by atoms with E-state index < -0.39 is 12.0 Å². The summed E-state index contributed by atoms with van der Waals surface area (Å²) in [5.41, 5.74) is 0. The first kappa shape index (κ1) is 15.8. The quantitative estimate of drug-likeness (QED) is 0.703. The predicted octanol–water partition coefficient (Wildman–Crippen LogP) is 1.32. The SMILES string of the molecule is CC(C)C[C@H](NC(=O)CSc1nncn1C1CC1)C(=O)O. The molecular formula is C13H20N4O3S. The Balaban J connectivity index is 1.83. The molecular weight excluding hydrogens is 292 g/mol. The number of carboxylic acid groups (broad SMARTS) is 1. The number of aromatic nitrogens is 3. The van der Waals surface area contributed by atoms with Crippen LogP contribution >= 0.6 is 11.8 Å². The third-order valence-corrected chi connectivity index (χ3v) is 4.11. The number of hydrogen-bond acceptors (Lipinski definition) is 5. The van der Waals surface area contributed by atoms with Gasteiger partial charge in [-0.15, -0.1) is 10.2 Å². The lowest BCUT2D eigenvalue weighted by Crippen LogP contribution is -2.42. The van der Waals surface area contributed by atoms with Crippen LogP contribution in [0.5, 0.6) is 0 Å². The van der Waals surface area contributed by atoms with Crippen molar-refractivity contribution >= 4 is 23.6 Å². The highest BCUT2D eigenvalue weighted by Gasteiger charge is 2.27. The van der Waals surface area contributed by atoms with Crippen molar-refractivity contribution in [2.75, 3.05) is 5.75 Å². The van der Waals surface area contributed by atoms with Crippen molar-refractivity contribution in [1.82, 2.24) is 20.1 Å². The van der Waals surface area contributed by atoms with E-state index in [1.54, 1.807) is 6.33 Å². The molecule has 2 N–H and O–H groups in total. The van der Waals surface area contributed by atoms with Gasteiger partial charge in [-0.25, -0.2) is 4.79 Å². The monoisotopic (exact) mass is 312 g/mol. The van der Waals surface area contributed by atoms with Crippen molar-refractivity contribution in [3.63, 3.8) is 0 Å². The molecule has 1 saturated carbocycles. The molecule has 1 atom stereocenters. The van der Waals surface area contributed by atoms with Crippen molar-refractivity contribution in [1.29, 1.82) is 0 Å². The molecule has 0 aliphatic heterocycles. The average molecular weight is 312 g/mol. The van der Waals surface area contributed by atoms with Crippen LogP contribution < -0.4 is 5.32 Å². The topological polar surface area (TPSA) is 97.1 Å². The number of nitrogens with one attached hydrogen (secondary N) is 1. The number of hydrogen-bond donors (Lipinski definition) is 2. The van der Waals surface area contributed by atoms with E-state index in [9.17, 15) is 9.59 Å². The number of thioether (sulfide) groups is 1. The molecule has 0 spiro atoms. The molecule has 0 saturated heterocycles. The minimum Gasteiger partial charge on any atom is -0.480 e. The molecule has 2 rings (SSSR count). The highest BCUT2D eigenvalue weighted by Crippen LogP contribution is 2.37. The molecule has 1 heterocycles. The third kappa shape index (κ3) is 4.73. The van der Waals surface area contributed by atoms with Crippen molar-refractivity contribution in [2.24, 2.45) is 5.92 Å². The van der Waals surface area contributed by atoms with Gasteiger partial charge in [0.1, 0.15) is 12.4 Å². The molecule has 21 heavy (non-hydrogen) atoms. The molecule has 7 nitrogen and oxygen atoms in total. The number of carbonyl (C=O) groups is 2. The first-order valence-electron chi connectivity index (χ1n) is 7.02. The molecule has 1 aromatic rings. The standard InChI is InChI=1S/C13H20N4O3S/c1-8(2)5-10(12(19)20)15-11(18)6-21-13-16-14-7-17(13)9-3-4-9/h7-10H,3-6H2,1-2H3,(H,15,18)(H,19,20)/t10-/m0/s1. The van der Waals surface area contributed by atoms with E-state index in [1.807, 2.05) is 18.4 Å². The van der Waals surface area contributed by atoms with Crippen LogP contribution in [-0.2, 0) is 9.59 Å². The second kappa shape index (κ2) is 6.93. The molecule has 0 aromatic carbocycles. The number of carboxylic acids is 1. The van der Waals surface area contributed by atoms with Crippen LogP contribution in [0, 0.1) is 5.92 Å². The summed E-state index contributed by atoms with van der Waals surface area (Å²) >= 11 is 1.29. The highest BCUT2D eigenvalue weighted by molar-refractivity contribution is 7.99. The van der Waals surface area contributed by atoms with Gasteiger partial charge < -0.3 is 15.0 Å². The Morgan fingerprint density at radius 3 is 2.81 bits per heavy atom. The fourth-order valence-corrected chi connectivity index (χ4v) is 2.79. The lowest BCUT2D eigenvalue weighted by molar-refractivity contribution is -0.141. The van der Waals surface area contributed by atoms with Crippen LogP contribution in [0.15, 0.2) is 11.5 Å². The van der Waals surface area contributed by atoms with Crippen LogP contribution in [0.2, 0.25) is 0 Å². The van der Waals surface area contributed by atoms with Gasteiger partial charge in [0.15, 0.2) is 5.16 Å². The van der Waals surface area contributed by atoms with E-state index in [2.05, 4.69) is 15.5 Å². The fourth-order valence-electron chi connectivity index (χ4n) is 2.00. The summed E-state index contributed by atoms with van der Waals surface area (Å²) in [5, 5.41) is 20.2. The Kier molecular flexibility index (Phi) is 5.22. The predicted molar refractivity (Wildman–Crippen MR) is 78.0 cm³/mol. The zero-order valence-electron chi connectivity index (χ0n) is 12.2. The molecule has 0 bridgehead atoms. The number of rotatable bonds is 8. The summed E-state index contributed by atoms with van der Waals surface area (Å²) < 4.78 is 1.97. The Bertz CT molecular complexity index is 513. The lowest BCUT2D eigenvalue weighted by atomic mass is 10.0. The molecule has 1 fully saturated rings. The number of amides is 1. The minimum atomic E-state index is -0.997. The van der Waals surface area contributed by atoms with Crippen molar-refractivity contribution in [3.05, 3.63) is 6.33 Å². The van der Waals surface area contributed by atoms with Crippen molar-refractivity contribution in [3.8, 4) is 0 Å². The molecule has 8 heteroatoms. The van der Waals surface area contributed by atoms with Crippen molar-refractivity contribution in [2.45, 2.75) is 50.4 Å². The number of nitrogens with zero attached hydrogens (tertiary/aromatic N) is 3. The maximum absolute atomic E-state index is 11.9. The number of carbonyl (C=O) groups excluding carboxylic acids is 1. The molecule has 1 aliphatic carbocycles. The van der Waals surface area contributed by atoms with Gasteiger partial charge in [0.25, 0.3) is 0 Å². The van der Waals surface area contributed by atoms with Crippen LogP contribution in [0.4, 0.5) is 0 Å². The normalized spacial score (nSPS) is 16.0. The Labute approximate surface area is 127 Å². The fraction of sp³-hybridized carbons (Fsp3) is 0.692. The number of aliphatic carboxylic acids is 1. The summed E-state index contributed by atoms with van der Waals surface area (Å²) in [7, 11) is 0. The van der Waals surface area contributed by atoms with E-state index in [-0.39, 0.29) is 17.6 Å². The zero-order chi connectivity index (χ0) is 15.4. The average Bonchev–Trinajstić information content (AvgIpc) is 3.14. The lowest BCUT2D eigenvalue weighted by Gasteiger charge is -2.16. The highest BCUT2D eigenvalue weighted by atomic mass is 32.2. The van der Waals surface area contributed by atoms with Crippen LogP contribution in [0.1, 0.15) is 39.2 Å².